The molecule has 0 aromatic carbocycles. The van der Waals surface area contributed by atoms with Crippen LogP contribution in [0.4, 0.5) is 0 Å². The fourth-order valence-electron chi connectivity index (χ4n) is 0.204. The lowest BCUT2D eigenvalue weighted by molar-refractivity contribution is -0.190. The van der Waals surface area contributed by atoms with Gasteiger partial charge in [0.1, 0.15) is 0 Å². The summed E-state index contributed by atoms with van der Waals surface area (Å²) in [4.78, 5) is 4.45. The third-order valence-electron chi connectivity index (χ3n) is 0.917. The van der Waals surface area contributed by atoms with E-state index in [4.69, 9.17) is 5.11 Å². The van der Waals surface area contributed by atoms with E-state index in [0.29, 0.717) is 6.42 Å². The van der Waals surface area contributed by atoms with Crippen LogP contribution < -0.4 is 0 Å². The Labute approximate surface area is 49.0 Å². The Hall–Kier alpha value is -0.570. The summed E-state index contributed by atoms with van der Waals surface area (Å²) in [6.45, 7) is 6.39. The monoisotopic (exact) mass is 117 g/mol. The maximum absolute atomic E-state index is 8.97. The third kappa shape index (κ3) is 2.58. The van der Waals surface area contributed by atoms with Gasteiger partial charge in [0.2, 0.25) is 5.79 Å². The topological polar surface area (TPSA) is 41.8 Å². The molecule has 0 heterocycles. The summed E-state index contributed by atoms with van der Waals surface area (Å²) < 4.78 is 0. The van der Waals surface area contributed by atoms with Crippen LogP contribution in [0.25, 0.3) is 0 Å². The van der Waals surface area contributed by atoms with E-state index < -0.39 is 5.79 Å². The van der Waals surface area contributed by atoms with Gasteiger partial charge in [-0.1, -0.05) is 12.1 Å². The van der Waals surface area contributed by atoms with Crippen LogP contribution in [0.15, 0.2) is 5.16 Å². The van der Waals surface area contributed by atoms with E-state index in [9.17, 15) is 0 Å². The smallest absolute Gasteiger partial charge is 0.231 e. The number of aliphatic hydroxyl groups is 1. The van der Waals surface area contributed by atoms with Gasteiger partial charge in [0.15, 0.2) is 0 Å². The highest BCUT2D eigenvalue weighted by Crippen LogP contribution is 2.08. The Balaban J connectivity index is 3.53. The van der Waals surface area contributed by atoms with Crippen LogP contribution in [-0.4, -0.2) is 17.6 Å². The van der Waals surface area contributed by atoms with E-state index in [2.05, 4.69) is 16.7 Å². The minimum Gasteiger partial charge on any atom is -0.361 e. The molecule has 3 heteroatoms. The van der Waals surface area contributed by atoms with Gasteiger partial charge in [-0.3, -0.25) is 0 Å². The highest BCUT2D eigenvalue weighted by molar-refractivity contribution is 5.21. The Morgan fingerprint density at radius 2 is 2.38 bits per heavy atom. The molecular formula is C5H11NO2. The standard InChI is InChI=1S/C5H11NO2/c1-4-5(2,7)8-6-3/h7H,3-4H2,1-2H3. The number of oxime groups is 1. The van der Waals surface area contributed by atoms with Crippen LogP contribution >= 0.6 is 0 Å². The minimum atomic E-state index is -1.14. The number of nitrogens with zero attached hydrogens (tertiary/aromatic N) is 1. The predicted molar refractivity (Wildman–Crippen MR) is 31.5 cm³/mol. The molecule has 0 aromatic rings. The maximum Gasteiger partial charge on any atom is 0.231 e. The van der Waals surface area contributed by atoms with Crippen LogP contribution in [0.1, 0.15) is 20.3 Å². The van der Waals surface area contributed by atoms with Crippen LogP contribution in [0.5, 0.6) is 0 Å². The Bertz CT molecular complexity index is 80.5. The van der Waals surface area contributed by atoms with Gasteiger partial charge < -0.3 is 9.94 Å². The first-order chi connectivity index (χ1) is 3.62. The molecule has 0 aromatic heterocycles. The molecule has 8 heavy (non-hydrogen) atoms. The quantitative estimate of drug-likeness (QED) is 0.336. The van der Waals surface area contributed by atoms with Crippen molar-refractivity contribution in [3.63, 3.8) is 0 Å². The first kappa shape index (κ1) is 7.43. The average molecular weight is 117 g/mol. The Morgan fingerprint density at radius 1 is 1.88 bits per heavy atom. The van der Waals surface area contributed by atoms with Crippen molar-refractivity contribution in [3.05, 3.63) is 0 Å². The third-order valence-corrected chi connectivity index (χ3v) is 0.917. The molecule has 1 atom stereocenters. The van der Waals surface area contributed by atoms with Gasteiger partial charge >= 0.3 is 0 Å². The number of hydrogen-bond acceptors (Lipinski definition) is 3. The lowest BCUT2D eigenvalue weighted by atomic mass is 10.3. The van der Waals surface area contributed by atoms with E-state index in [0.717, 1.165) is 0 Å². The van der Waals surface area contributed by atoms with Crippen molar-refractivity contribution in [1.29, 1.82) is 0 Å². The number of hydrogen-bond donors (Lipinski definition) is 1. The fraction of sp³-hybridized carbons (Fsp3) is 0.800. The highest BCUT2D eigenvalue weighted by atomic mass is 16.7. The number of rotatable bonds is 3. The fourth-order valence-corrected chi connectivity index (χ4v) is 0.204. The summed E-state index contributed by atoms with van der Waals surface area (Å²) in [5.74, 6) is -1.14. The summed E-state index contributed by atoms with van der Waals surface area (Å²) in [5.41, 5.74) is 0. The zero-order valence-electron chi connectivity index (χ0n) is 5.22. The van der Waals surface area contributed by atoms with Gasteiger partial charge in [-0.2, -0.15) is 0 Å². The SMILES string of the molecule is C=NOC(C)(O)CC. The summed E-state index contributed by atoms with van der Waals surface area (Å²) in [7, 11) is 0. The van der Waals surface area contributed by atoms with Crippen molar-refractivity contribution in [2.75, 3.05) is 0 Å². The lowest BCUT2D eigenvalue weighted by Crippen LogP contribution is -2.23. The van der Waals surface area contributed by atoms with Gasteiger partial charge in [0.25, 0.3) is 0 Å². The molecule has 0 amide bonds. The second-order valence-electron chi connectivity index (χ2n) is 1.75. The van der Waals surface area contributed by atoms with E-state index in [-0.39, 0.29) is 0 Å². The van der Waals surface area contributed by atoms with Crippen LogP contribution in [0, 0.1) is 0 Å². The zero-order chi connectivity index (χ0) is 6.62. The molecule has 48 valence electrons. The summed E-state index contributed by atoms with van der Waals surface area (Å²) >= 11 is 0. The second kappa shape index (κ2) is 2.67. The predicted octanol–water partition coefficient (Wildman–Crippen LogP) is 0.737. The van der Waals surface area contributed by atoms with Gasteiger partial charge in [-0.15, -0.1) is 0 Å². The molecule has 0 aliphatic rings. The van der Waals surface area contributed by atoms with E-state index in [1.807, 2.05) is 0 Å². The van der Waals surface area contributed by atoms with Crippen molar-refractivity contribution in [2.24, 2.45) is 5.16 Å². The molecule has 0 saturated carbocycles. The van der Waals surface area contributed by atoms with Crippen molar-refractivity contribution in [1.82, 2.24) is 0 Å². The van der Waals surface area contributed by atoms with E-state index >= 15 is 0 Å². The molecule has 1 unspecified atom stereocenters. The normalized spacial score (nSPS) is 16.9. The van der Waals surface area contributed by atoms with Crippen molar-refractivity contribution < 1.29 is 9.94 Å². The van der Waals surface area contributed by atoms with E-state index in [1.165, 1.54) is 6.92 Å². The first-order valence-electron chi connectivity index (χ1n) is 2.49. The molecular weight excluding hydrogens is 106 g/mol. The van der Waals surface area contributed by atoms with Crippen molar-refractivity contribution in [2.45, 2.75) is 26.1 Å². The summed E-state index contributed by atoms with van der Waals surface area (Å²) in [5, 5.41) is 12.0. The van der Waals surface area contributed by atoms with Crippen LogP contribution in [0.3, 0.4) is 0 Å². The largest absolute Gasteiger partial charge is 0.361 e. The summed E-state index contributed by atoms with van der Waals surface area (Å²) in [6, 6.07) is 0. The van der Waals surface area contributed by atoms with E-state index in [1.54, 1.807) is 6.92 Å². The molecule has 1 N–H and O–H groups in total. The van der Waals surface area contributed by atoms with Gasteiger partial charge in [0, 0.05) is 20.1 Å². The molecule has 0 aliphatic heterocycles. The van der Waals surface area contributed by atoms with Gasteiger partial charge in [-0.25, -0.2) is 0 Å². The molecule has 0 spiro atoms. The van der Waals surface area contributed by atoms with Crippen molar-refractivity contribution >= 4 is 6.72 Å². The Morgan fingerprint density at radius 3 is 2.50 bits per heavy atom. The highest BCUT2D eigenvalue weighted by Gasteiger charge is 2.17. The molecule has 3 nitrogen and oxygen atoms in total. The lowest BCUT2D eigenvalue weighted by Gasteiger charge is -2.16. The first-order valence-corrected chi connectivity index (χ1v) is 2.49. The van der Waals surface area contributed by atoms with Gasteiger partial charge in [0.05, 0.1) is 0 Å². The summed E-state index contributed by atoms with van der Waals surface area (Å²) in [6.07, 6.45) is 0.506. The second-order valence-corrected chi connectivity index (χ2v) is 1.75. The van der Waals surface area contributed by atoms with Crippen molar-refractivity contribution in [3.8, 4) is 0 Å². The maximum atomic E-state index is 8.97. The zero-order valence-corrected chi connectivity index (χ0v) is 5.22. The van der Waals surface area contributed by atoms with Crippen LogP contribution in [-0.2, 0) is 4.84 Å². The molecule has 0 aliphatic carbocycles. The minimum absolute atomic E-state index is 0.506. The molecule has 0 saturated heterocycles. The Kier molecular flexibility index (Phi) is 2.48. The molecule has 0 bridgehead atoms. The van der Waals surface area contributed by atoms with Crippen LogP contribution in [0.2, 0.25) is 0 Å². The molecule has 0 radical (unpaired) electrons. The molecule has 0 fully saturated rings. The van der Waals surface area contributed by atoms with Gasteiger partial charge in [-0.05, 0) is 0 Å². The molecule has 0 rings (SSSR count). The average Bonchev–Trinajstić information content (AvgIpc) is 1.67.